The van der Waals surface area contributed by atoms with Gasteiger partial charge in [0.15, 0.2) is 0 Å². The summed E-state index contributed by atoms with van der Waals surface area (Å²) < 4.78 is 16.7. The van der Waals surface area contributed by atoms with Gasteiger partial charge >= 0.3 is 0 Å². The normalized spacial score (nSPS) is 22.4. The zero-order chi connectivity index (χ0) is 21.0. The molecule has 155 valence electrons. The highest BCUT2D eigenvalue weighted by Gasteiger charge is 2.45. The average molecular weight is 428 g/mol. The Morgan fingerprint density at radius 2 is 2.03 bits per heavy atom. The monoisotopic (exact) mass is 427 g/mol. The Bertz CT molecular complexity index is 1300. The SMILES string of the molecule is C[C@]12Cc3cnn(-c4ccc(F)cc4)c3C=C1CC[C@@H]2C[CH]c1csc2ccccc12. The number of hydrogen-bond donors (Lipinski definition) is 0. The van der Waals surface area contributed by atoms with Gasteiger partial charge in [0.2, 0.25) is 0 Å². The van der Waals surface area contributed by atoms with Gasteiger partial charge in [-0.05, 0) is 102 Å². The summed E-state index contributed by atoms with van der Waals surface area (Å²) in [4.78, 5) is 0. The summed E-state index contributed by atoms with van der Waals surface area (Å²) in [5.41, 5.74) is 6.47. The number of halogens is 1. The molecule has 1 saturated carbocycles. The second kappa shape index (κ2) is 7.16. The lowest BCUT2D eigenvalue weighted by Gasteiger charge is -2.36. The minimum absolute atomic E-state index is 0.186. The highest BCUT2D eigenvalue weighted by atomic mass is 32.1. The van der Waals surface area contributed by atoms with E-state index in [0.717, 1.165) is 30.6 Å². The van der Waals surface area contributed by atoms with Crippen molar-refractivity contribution in [3.8, 4) is 5.69 Å². The number of allylic oxidation sites excluding steroid dienone is 1. The lowest BCUT2D eigenvalue weighted by atomic mass is 9.68. The van der Waals surface area contributed by atoms with Gasteiger partial charge in [-0.2, -0.15) is 5.10 Å². The maximum Gasteiger partial charge on any atom is 0.123 e. The van der Waals surface area contributed by atoms with E-state index in [1.165, 1.54) is 45.3 Å². The lowest BCUT2D eigenvalue weighted by Crippen LogP contribution is -2.29. The minimum Gasteiger partial charge on any atom is -0.233 e. The van der Waals surface area contributed by atoms with Crippen LogP contribution in [0.1, 0.15) is 43.0 Å². The van der Waals surface area contributed by atoms with Gasteiger partial charge < -0.3 is 0 Å². The van der Waals surface area contributed by atoms with Gasteiger partial charge in [-0.15, -0.1) is 11.3 Å². The van der Waals surface area contributed by atoms with Crippen LogP contribution in [-0.4, -0.2) is 9.78 Å². The van der Waals surface area contributed by atoms with Crippen molar-refractivity contribution in [2.24, 2.45) is 11.3 Å². The number of thiophene rings is 1. The lowest BCUT2D eigenvalue weighted by molar-refractivity contribution is 0.269. The Hall–Kier alpha value is -2.72. The fourth-order valence-electron chi connectivity index (χ4n) is 5.53. The smallest absolute Gasteiger partial charge is 0.123 e. The molecule has 2 aromatic heterocycles. The van der Waals surface area contributed by atoms with Crippen LogP contribution in [0.4, 0.5) is 4.39 Å². The van der Waals surface area contributed by atoms with Crippen LogP contribution in [0.3, 0.4) is 0 Å². The average Bonchev–Trinajstić information content (AvgIpc) is 3.46. The number of benzene rings is 2. The van der Waals surface area contributed by atoms with Crippen LogP contribution < -0.4 is 0 Å². The third-order valence-corrected chi connectivity index (χ3v) is 8.34. The Labute approximate surface area is 186 Å². The molecule has 2 aliphatic rings. The second-order valence-electron chi connectivity index (χ2n) is 9.07. The van der Waals surface area contributed by atoms with Crippen LogP contribution in [0.2, 0.25) is 0 Å². The molecule has 0 unspecified atom stereocenters. The van der Waals surface area contributed by atoms with Gasteiger partial charge in [0, 0.05) is 4.70 Å². The summed E-state index contributed by atoms with van der Waals surface area (Å²) in [7, 11) is 0. The molecular formula is C27H24FN2S. The summed E-state index contributed by atoms with van der Waals surface area (Å²) >= 11 is 1.83. The first-order valence-corrected chi connectivity index (χ1v) is 11.8. The zero-order valence-corrected chi connectivity index (χ0v) is 18.3. The van der Waals surface area contributed by atoms with Crippen molar-refractivity contribution in [2.45, 2.75) is 32.6 Å². The van der Waals surface area contributed by atoms with Gasteiger partial charge in [-0.1, -0.05) is 30.7 Å². The molecule has 31 heavy (non-hydrogen) atoms. The van der Waals surface area contributed by atoms with Crippen molar-refractivity contribution in [3.63, 3.8) is 0 Å². The van der Waals surface area contributed by atoms with E-state index in [1.807, 2.05) is 22.2 Å². The van der Waals surface area contributed by atoms with Crippen molar-refractivity contribution in [1.82, 2.24) is 9.78 Å². The molecule has 0 N–H and O–H groups in total. The van der Waals surface area contributed by atoms with E-state index in [1.54, 1.807) is 12.1 Å². The first-order chi connectivity index (χ1) is 15.1. The summed E-state index contributed by atoms with van der Waals surface area (Å²) in [5.74, 6) is 0.420. The molecule has 2 nitrogen and oxygen atoms in total. The van der Waals surface area contributed by atoms with Crippen LogP contribution in [0.25, 0.3) is 21.8 Å². The summed E-state index contributed by atoms with van der Waals surface area (Å²) in [6.45, 7) is 2.44. The highest BCUT2D eigenvalue weighted by molar-refractivity contribution is 7.17. The molecule has 2 aliphatic carbocycles. The molecule has 4 aromatic rings. The largest absolute Gasteiger partial charge is 0.233 e. The highest BCUT2D eigenvalue weighted by Crippen LogP contribution is 2.54. The molecule has 2 aromatic carbocycles. The predicted octanol–water partition coefficient (Wildman–Crippen LogP) is 7.22. The van der Waals surface area contributed by atoms with E-state index in [0.29, 0.717) is 5.92 Å². The molecule has 2 heterocycles. The van der Waals surface area contributed by atoms with Crippen molar-refractivity contribution >= 4 is 27.5 Å². The third-order valence-electron chi connectivity index (χ3n) is 7.36. The molecule has 6 rings (SSSR count). The van der Waals surface area contributed by atoms with Crippen molar-refractivity contribution in [3.05, 3.63) is 94.7 Å². The van der Waals surface area contributed by atoms with E-state index in [2.05, 4.69) is 54.2 Å². The maximum atomic E-state index is 13.4. The Morgan fingerprint density at radius 1 is 1.19 bits per heavy atom. The molecular weight excluding hydrogens is 403 g/mol. The topological polar surface area (TPSA) is 17.8 Å². The number of hydrogen-bond acceptors (Lipinski definition) is 2. The van der Waals surface area contributed by atoms with Crippen LogP contribution in [0.15, 0.2) is 65.7 Å². The first-order valence-electron chi connectivity index (χ1n) is 11.0. The molecule has 0 saturated heterocycles. The molecule has 2 atom stereocenters. The quantitative estimate of drug-likeness (QED) is 0.336. The number of nitrogens with zero attached hydrogens (tertiary/aromatic N) is 2. The number of aromatic nitrogens is 2. The van der Waals surface area contributed by atoms with Crippen molar-refractivity contribution in [1.29, 1.82) is 0 Å². The van der Waals surface area contributed by atoms with Gasteiger partial charge in [-0.25, -0.2) is 9.07 Å². The predicted molar refractivity (Wildman–Crippen MR) is 126 cm³/mol. The molecule has 4 heteroatoms. The number of fused-ring (bicyclic) bond motifs is 3. The summed E-state index contributed by atoms with van der Waals surface area (Å²) in [6, 6.07) is 15.3. The van der Waals surface area contributed by atoms with Gasteiger partial charge in [0.1, 0.15) is 5.82 Å². The van der Waals surface area contributed by atoms with Crippen LogP contribution >= 0.6 is 11.3 Å². The Balaban J connectivity index is 1.26. The van der Waals surface area contributed by atoms with E-state index in [9.17, 15) is 4.39 Å². The third kappa shape index (κ3) is 3.08. The number of rotatable bonds is 4. The summed E-state index contributed by atoms with van der Waals surface area (Å²) in [6.07, 6.45) is 11.3. The molecule has 1 fully saturated rings. The Morgan fingerprint density at radius 3 is 2.90 bits per heavy atom. The van der Waals surface area contributed by atoms with Crippen LogP contribution in [0.5, 0.6) is 0 Å². The molecule has 0 amide bonds. The van der Waals surface area contributed by atoms with Crippen LogP contribution in [0, 0.1) is 23.6 Å². The molecule has 0 aliphatic heterocycles. The van der Waals surface area contributed by atoms with E-state index >= 15 is 0 Å². The molecule has 0 spiro atoms. The molecule has 0 bridgehead atoms. The summed E-state index contributed by atoms with van der Waals surface area (Å²) in [5, 5.41) is 8.31. The molecule has 1 radical (unpaired) electrons. The first kappa shape index (κ1) is 19.0. The van der Waals surface area contributed by atoms with E-state index in [4.69, 9.17) is 0 Å². The fraction of sp³-hybridized carbons (Fsp3) is 0.259. The van der Waals surface area contributed by atoms with Gasteiger partial charge in [0.05, 0.1) is 17.6 Å². The standard InChI is InChI=1S/C27H24FN2S/c1-27-15-19-16-29-30(23-12-10-22(28)11-13-23)25(19)14-21(27)9-8-20(27)7-6-18-17-31-26-5-3-2-4-24(18)26/h2-6,10-14,16-17,20H,7-9,15H2,1H3/t20-,27+/m0/s1. The Kier molecular flexibility index (Phi) is 4.39. The van der Waals surface area contributed by atoms with Crippen LogP contribution in [-0.2, 0) is 6.42 Å². The minimum atomic E-state index is -0.219. The fourth-order valence-corrected chi connectivity index (χ4v) is 6.47. The second-order valence-corrected chi connectivity index (χ2v) is 9.98. The zero-order valence-electron chi connectivity index (χ0n) is 17.5. The van der Waals surface area contributed by atoms with Crippen molar-refractivity contribution < 1.29 is 4.39 Å². The van der Waals surface area contributed by atoms with E-state index in [-0.39, 0.29) is 11.2 Å². The van der Waals surface area contributed by atoms with Gasteiger partial charge in [0.25, 0.3) is 0 Å². The van der Waals surface area contributed by atoms with E-state index < -0.39 is 0 Å². The van der Waals surface area contributed by atoms with Crippen molar-refractivity contribution in [2.75, 3.05) is 0 Å². The van der Waals surface area contributed by atoms with Gasteiger partial charge in [-0.3, -0.25) is 0 Å². The maximum absolute atomic E-state index is 13.4.